The van der Waals surface area contributed by atoms with E-state index in [1.165, 1.54) is 45.5 Å². The molecule has 0 aliphatic heterocycles. The van der Waals surface area contributed by atoms with Crippen LogP contribution in [0.25, 0.3) is 12.2 Å². The van der Waals surface area contributed by atoms with Crippen molar-refractivity contribution < 1.29 is 0 Å². The van der Waals surface area contributed by atoms with Crippen molar-refractivity contribution in [3.05, 3.63) is 79.9 Å². The van der Waals surface area contributed by atoms with Gasteiger partial charge in [-0.25, -0.2) is 0 Å². The molecule has 2 aliphatic rings. The van der Waals surface area contributed by atoms with Crippen LogP contribution in [0, 0.1) is 27.7 Å². The van der Waals surface area contributed by atoms with Gasteiger partial charge in [-0.2, -0.15) is 0 Å². The van der Waals surface area contributed by atoms with E-state index in [1.807, 2.05) is 0 Å². The van der Waals surface area contributed by atoms with Crippen molar-refractivity contribution in [2.24, 2.45) is 0 Å². The summed E-state index contributed by atoms with van der Waals surface area (Å²) in [5.74, 6) is 1.35. The fourth-order valence-corrected chi connectivity index (χ4v) is 7.94. The molecule has 4 rings (SSSR count). The van der Waals surface area contributed by atoms with Gasteiger partial charge in [-0.1, -0.05) is 59.7 Å². The topological polar surface area (TPSA) is 0 Å². The van der Waals surface area contributed by atoms with E-state index >= 15 is 0 Å². The van der Waals surface area contributed by atoms with Gasteiger partial charge in [0.15, 0.2) is 0 Å². The minimum atomic E-state index is -0.128. The van der Waals surface area contributed by atoms with Gasteiger partial charge in [0.1, 0.15) is 0 Å². The van der Waals surface area contributed by atoms with Crippen molar-refractivity contribution in [1.82, 2.24) is 0 Å². The van der Waals surface area contributed by atoms with Gasteiger partial charge in [0.2, 0.25) is 0 Å². The number of aryl methyl sites for hydroxylation is 4. The van der Waals surface area contributed by atoms with Crippen LogP contribution in [0.15, 0.2) is 35.4 Å². The average Bonchev–Trinajstić information content (AvgIpc) is 3.14. The summed E-state index contributed by atoms with van der Waals surface area (Å²) in [6, 6.07) is 12.0. The van der Waals surface area contributed by atoms with Crippen LogP contribution in [0.5, 0.6) is 0 Å². The molecule has 2 aliphatic carbocycles. The first-order valence-electron chi connectivity index (χ1n) is 10.4. The molecule has 2 unspecified atom stereocenters. The predicted octanol–water partition coefficient (Wildman–Crippen LogP) is 5.33. The maximum atomic E-state index is 2.46. The maximum absolute atomic E-state index is 2.46. The van der Waals surface area contributed by atoms with Crippen molar-refractivity contribution >= 4 is 59.4 Å². The Morgan fingerprint density at radius 2 is 0.931 bits per heavy atom. The third kappa shape index (κ3) is 4.37. The molecule has 2 aromatic rings. The molecule has 2 atom stereocenters. The van der Waals surface area contributed by atoms with Crippen LogP contribution < -0.4 is 0 Å². The first-order chi connectivity index (χ1) is 12.9. The van der Waals surface area contributed by atoms with E-state index < -0.39 is 0 Å². The fraction of sp³-hybridized carbons (Fsp3) is 0.385. The summed E-state index contributed by atoms with van der Waals surface area (Å²) >= 11 is 0. The third-order valence-corrected chi connectivity index (χ3v) is 8.94. The van der Waals surface area contributed by atoms with E-state index in [0.29, 0.717) is 11.8 Å². The van der Waals surface area contributed by atoms with Crippen LogP contribution in [0.1, 0.15) is 70.2 Å². The first-order valence-corrected chi connectivity index (χ1v) is 12.4. The summed E-state index contributed by atoms with van der Waals surface area (Å²) in [6.07, 6.45) is 4.92. The van der Waals surface area contributed by atoms with Crippen LogP contribution in [-0.4, -0.2) is 47.2 Å². The molecule has 29 heavy (non-hydrogen) atoms. The quantitative estimate of drug-likeness (QED) is 0.621. The van der Waals surface area contributed by atoms with Crippen LogP contribution in [0.3, 0.4) is 0 Å². The molecule has 0 radical (unpaired) electrons. The summed E-state index contributed by atoms with van der Waals surface area (Å²) in [5.41, 5.74) is 15.3. The zero-order chi connectivity index (χ0) is 19.3. The van der Waals surface area contributed by atoms with Crippen molar-refractivity contribution in [1.29, 1.82) is 0 Å². The van der Waals surface area contributed by atoms with E-state index in [-0.39, 0.29) is 47.2 Å². The normalized spacial score (nSPS) is 19.4. The Labute approximate surface area is 203 Å². The molecule has 2 aromatic carbocycles. The van der Waals surface area contributed by atoms with Gasteiger partial charge in [-0.05, 0) is 86.1 Å². The number of allylic oxidation sites excluding steroid dienone is 2. The van der Waals surface area contributed by atoms with Gasteiger partial charge in [0.05, 0.1) is 0 Å². The Kier molecular flexibility index (Phi) is 8.18. The molecule has 0 saturated heterocycles. The second kappa shape index (κ2) is 9.64. The minimum absolute atomic E-state index is 0. The second-order valence-electron chi connectivity index (χ2n) is 8.87. The molecule has 144 valence electrons. The molecule has 0 amide bonds. The van der Waals surface area contributed by atoms with E-state index in [4.69, 9.17) is 0 Å². The molecular weight excluding hydrogens is 354 g/mol. The zero-order valence-corrected chi connectivity index (χ0v) is 19.2. The van der Waals surface area contributed by atoms with Crippen molar-refractivity contribution in [3.63, 3.8) is 0 Å². The predicted molar refractivity (Wildman–Crippen MR) is 137 cm³/mol. The zero-order valence-electron chi connectivity index (χ0n) is 17.7. The monoisotopic (exact) mass is 388 g/mol. The number of fused-ring (bicyclic) bond motifs is 2. The molecule has 0 spiro atoms. The van der Waals surface area contributed by atoms with Gasteiger partial charge < -0.3 is 0 Å². The van der Waals surface area contributed by atoms with Crippen LogP contribution >= 0.6 is 0 Å². The van der Waals surface area contributed by atoms with Gasteiger partial charge in [0.25, 0.3) is 0 Å². The molecule has 0 N–H and O–H groups in total. The molecule has 0 heterocycles. The fourth-order valence-electron chi connectivity index (χ4n) is 5.40. The average molecular weight is 389 g/mol. The second-order valence-corrected chi connectivity index (χ2v) is 10.7. The molecule has 0 nitrogen and oxygen atoms in total. The molecule has 0 saturated carbocycles. The standard InChI is InChI=1S/C26H32Si.2Li.2H/c1-15-7-9-17(3)25-21(15)11-19(5)23(25)13-27-14-24-20(6)12-22-16(2)8-10-18(4)26(22)24;;;;/h7-12,23-24H,13-14,27H2,1-6H3;;;;. The summed E-state index contributed by atoms with van der Waals surface area (Å²) in [7, 11) is -0.128. The Balaban J connectivity index is 0.00000150. The summed E-state index contributed by atoms with van der Waals surface area (Å²) in [6.45, 7) is 13.8. The van der Waals surface area contributed by atoms with Gasteiger partial charge in [-0.15, -0.1) is 0 Å². The van der Waals surface area contributed by atoms with E-state index in [9.17, 15) is 0 Å². The summed E-state index contributed by atoms with van der Waals surface area (Å²) < 4.78 is 0. The van der Waals surface area contributed by atoms with Gasteiger partial charge in [-0.3, -0.25) is 0 Å². The molecule has 0 aromatic heterocycles. The molecule has 3 heteroatoms. The van der Waals surface area contributed by atoms with E-state index in [1.54, 1.807) is 22.3 Å². The third-order valence-electron chi connectivity index (χ3n) is 6.97. The Morgan fingerprint density at radius 3 is 1.31 bits per heavy atom. The SMILES string of the molecule is CC1=Cc2c(C)ccc(C)c2C1C[SiH2]CC1C(C)=Cc2c(C)ccc(C)c21.[LiH].[LiH]. The molecular formula is C26H34Li2Si. The van der Waals surface area contributed by atoms with Gasteiger partial charge >= 0.3 is 37.7 Å². The summed E-state index contributed by atoms with van der Waals surface area (Å²) in [5, 5.41) is 0. The number of benzene rings is 2. The van der Waals surface area contributed by atoms with Crippen molar-refractivity contribution in [2.45, 2.75) is 65.5 Å². The Morgan fingerprint density at radius 1 is 0.586 bits per heavy atom. The Bertz CT molecular complexity index is 905. The van der Waals surface area contributed by atoms with Crippen molar-refractivity contribution in [3.8, 4) is 0 Å². The molecule has 0 fully saturated rings. The van der Waals surface area contributed by atoms with Crippen molar-refractivity contribution in [2.75, 3.05) is 0 Å². The van der Waals surface area contributed by atoms with Crippen LogP contribution in [-0.2, 0) is 0 Å². The van der Waals surface area contributed by atoms with Crippen LogP contribution in [0.4, 0.5) is 0 Å². The number of hydrogen-bond acceptors (Lipinski definition) is 0. The van der Waals surface area contributed by atoms with Crippen LogP contribution in [0.2, 0.25) is 12.1 Å². The first kappa shape index (κ1) is 24.6. The number of rotatable bonds is 4. The molecule has 0 bridgehead atoms. The summed E-state index contributed by atoms with van der Waals surface area (Å²) in [4.78, 5) is 0. The number of hydrogen-bond donors (Lipinski definition) is 0. The Hall–Kier alpha value is -0.668. The van der Waals surface area contributed by atoms with Gasteiger partial charge in [0, 0.05) is 21.4 Å². The van der Waals surface area contributed by atoms with E-state index in [2.05, 4.69) is 78.0 Å². The van der Waals surface area contributed by atoms with E-state index in [0.717, 1.165) is 0 Å².